The maximum absolute atomic E-state index is 8.82. The average Bonchev–Trinajstić information content (AvgIpc) is 2.05. The predicted molar refractivity (Wildman–Crippen MR) is 42.8 cm³/mol. The third-order valence-corrected chi connectivity index (χ3v) is 2.33. The Hall–Kier alpha value is -0.300. The molecule has 1 nitrogen and oxygen atoms in total. The van der Waals surface area contributed by atoms with Crippen molar-refractivity contribution in [1.29, 1.82) is 0 Å². The molecule has 58 valence electrons. The molecule has 1 aliphatic carbocycles. The van der Waals surface area contributed by atoms with E-state index in [1.54, 1.807) is 5.57 Å². The molecule has 0 aromatic rings. The van der Waals surface area contributed by atoms with Crippen LogP contribution >= 0.6 is 0 Å². The summed E-state index contributed by atoms with van der Waals surface area (Å²) in [4.78, 5) is 0. The summed E-state index contributed by atoms with van der Waals surface area (Å²) in [5, 5.41) is 8.82. The Kier molecular flexibility index (Phi) is 2.94. The van der Waals surface area contributed by atoms with Crippen LogP contribution in [0.5, 0.6) is 0 Å². The summed E-state index contributed by atoms with van der Waals surface area (Å²) >= 11 is 0. The second kappa shape index (κ2) is 3.77. The lowest BCUT2D eigenvalue weighted by molar-refractivity contribution is 0.215. The van der Waals surface area contributed by atoms with Crippen LogP contribution in [-0.4, -0.2) is 11.7 Å². The lowest BCUT2D eigenvalue weighted by Crippen LogP contribution is -2.09. The second-order valence-electron chi connectivity index (χ2n) is 3.04. The molecule has 0 saturated heterocycles. The first-order valence-corrected chi connectivity index (χ1v) is 4.15. The minimum atomic E-state index is 0.369. The molecule has 1 atom stereocenters. The number of hydrogen-bond donors (Lipinski definition) is 1. The first-order chi connectivity index (χ1) is 4.86. The second-order valence-corrected chi connectivity index (χ2v) is 3.04. The number of hydrogen-bond acceptors (Lipinski definition) is 1. The van der Waals surface area contributed by atoms with Gasteiger partial charge in [0.15, 0.2) is 0 Å². The van der Waals surface area contributed by atoms with Gasteiger partial charge in [0, 0.05) is 6.61 Å². The monoisotopic (exact) mass is 140 g/mol. The number of rotatable bonds is 2. The highest BCUT2D eigenvalue weighted by atomic mass is 16.3. The molecule has 0 aromatic heterocycles. The van der Waals surface area contributed by atoms with Gasteiger partial charge in [-0.3, -0.25) is 0 Å². The lowest BCUT2D eigenvalue weighted by Gasteiger charge is -2.18. The van der Waals surface area contributed by atoms with E-state index in [-0.39, 0.29) is 0 Å². The first kappa shape index (κ1) is 7.80. The third-order valence-electron chi connectivity index (χ3n) is 2.33. The number of aliphatic hydroxyl groups excluding tert-OH is 1. The lowest BCUT2D eigenvalue weighted by atomic mass is 9.89. The van der Waals surface area contributed by atoms with E-state index in [1.807, 2.05) is 0 Å². The molecular weight excluding hydrogens is 124 g/mol. The van der Waals surface area contributed by atoms with Crippen molar-refractivity contribution < 1.29 is 5.11 Å². The molecular formula is C9H16O. The molecule has 10 heavy (non-hydrogen) atoms. The summed E-state index contributed by atoms with van der Waals surface area (Å²) in [6.45, 7) is 2.57. The highest BCUT2D eigenvalue weighted by Crippen LogP contribution is 2.24. The fourth-order valence-corrected chi connectivity index (χ4v) is 1.43. The van der Waals surface area contributed by atoms with Crippen molar-refractivity contribution >= 4 is 0 Å². The normalized spacial score (nSPS) is 26.2. The fourth-order valence-electron chi connectivity index (χ4n) is 1.43. The van der Waals surface area contributed by atoms with Gasteiger partial charge in [-0.1, -0.05) is 18.6 Å². The Morgan fingerprint density at radius 2 is 2.50 bits per heavy atom. The van der Waals surface area contributed by atoms with Gasteiger partial charge >= 0.3 is 0 Å². The summed E-state index contributed by atoms with van der Waals surface area (Å²) in [5.74, 6) is 0.551. The van der Waals surface area contributed by atoms with E-state index in [1.165, 1.54) is 19.3 Å². The zero-order valence-corrected chi connectivity index (χ0v) is 6.64. The molecule has 0 spiro atoms. The van der Waals surface area contributed by atoms with Crippen molar-refractivity contribution in [3.05, 3.63) is 11.6 Å². The van der Waals surface area contributed by atoms with Crippen molar-refractivity contribution in [1.82, 2.24) is 0 Å². The van der Waals surface area contributed by atoms with Gasteiger partial charge in [0.2, 0.25) is 0 Å². The van der Waals surface area contributed by atoms with Crippen LogP contribution < -0.4 is 0 Å². The Morgan fingerprint density at radius 3 is 2.90 bits per heavy atom. The first-order valence-electron chi connectivity index (χ1n) is 4.15. The molecule has 0 aliphatic heterocycles. The largest absolute Gasteiger partial charge is 0.396 e. The van der Waals surface area contributed by atoms with Crippen molar-refractivity contribution in [2.45, 2.75) is 32.6 Å². The summed E-state index contributed by atoms with van der Waals surface area (Å²) < 4.78 is 0. The van der Waals surface area contributed by atoms with E-state index in [0.717, 1.165) is 6.42 Å². The number of allylic oxidation sites excluding steroid dienone is 2. The Morgan fingerprint density at radius 1 is 1.70 bits per heavy atom. The van der Waals surface area contributed by atoms with Crippen molar-refractivity contribution in [2.24, 2.45) is 5.92 Å². The zero-order valence-electron chi connectivity index (χ0n) is 6.64. The fraction of sp³-hybridized carbons (Fsp3) is 0.778. The molecule has 0 fully saturated rings. The average molecular weight is 140 g/mol. The van der Waals surface area contributed by atoms with E-state index >= 15 is 0 Å². The Balaban J connectivity index is 2.36. The summed E-state index contributed by atoms with van der Waals surface area (Å²) in [6.07, 6.45) is 6.99. The molecule has 1 N–H and O–H groups in total. The highest BCUT2D eigenvalue weighted by Gasteiger charge is 2.11. The van der Waals surface area contributed by atoms with Crippen molar-refractivity contribution in [3.63, 3.8) is 0 Å². The molecule has 0 heterocycles. The van der Waals surface area contributed by atoms with Gasteiger partial charge in [0.1, 0.15) is 0 Å². The van der Waals surface area contributed by atoms with Crippen LogP contribution in [0.1, 0.15) is 32.6 Å². The molecule has 1 heteroatoms. The van der Waals surface area contributed by atoms with Gasteiger partial charge in [-0.25, -0.2) is 0 Å². The van der Waals surface area contributed by atoms with Gasteiger partial charge in [-0.2, -0.15) is 0 Å². The maximum atomic E-state index is 8.82. The van der Waals surface area contributed by atoms with Crippen molar-refractivity contribution in [2.75, 3.05) is 6.61 Å². The van der Waals surface area contributed by atoms with Crippen LogP contribution in [0.3, 0.4) is 0 Å². The van der Waals surface area contributed by atoms with E-state index in [4.69, 9.17) is 5.11 Å². The molecule has 0 amide bonds. The minimum Gasteiger partial charge on any atom is -0.396 e. The van der Waals surface area contributed by atoms with Gasteiger partial charge in [-0.15, -0.1) is 0 Å². The Labute approximate surface area is 62.8 Å². The van der Waals surface area contributed by atoms with Gasteiger partial charge in [0.25, 0.3) is 0 Å². The topological polar surface area (TPSA) is 20.2 Å². The van der Waals surface area contributed by atoms with Gasteiger partial charge in [-0.05, 0) is 31.6 Å². The van der Waals surface area contributed by atoms with Crippen LogP contribution in [0.25, 0.3) is 0 Å². The molecule has 0 aromatic carbocycles. The summed E-state index contributed by atoms with van der Waals surface area (Å²) in [6, 6.07) is 0. The SMILES string of the molecule is CCC1=CCC(CO)CC1. The third kappa shape index (κ3) is 1.84. The number of aliphatic hydroxyl groups is 1. The standard InChI is InChI=1S/C9H16O/c1-2-8-3-5-9(7-10)6-4-8/h3,9-10H,2,4-7H2,1H3. The van der Waals surface area contributed by atoms with Crippen LogP contribution in [-0.2, 0) is 0 Å². The van der Waals surface area contributed by atoms with Gasteiger partial charge in [0.05, 0.1) is 0 Å². The zero-order chi connectivity index (χ0) is 7.40. The molecule has 1 unspecified atom stereocenters. The minimum absolute atomic E-state index is 0.369. The molecule has 1 rings (SSSR count). The van der Waals surface area contributed by atoms with Crippen molar-refractivity contribution in [3.8, 4) is 0 Å². The van der Waals surface area contributed by atoms with Crippen LogP contribution in [0.2, 0.25) is 0 Å². The summed E-state index contributed by atoms with van der Waals surface area (Å²) in [7, 11) is 0. The quantitative estimate of drug-likeness (QED) is 0.582. The van der Waals surface area contributed by atoms with Crippen LogP contribution in [0, 0.1) is 5.92 Å². The molecule has 0 radical (unpaired) electrons. The van der Waals surface area contributed by atoms with E-state index in [9.17, 15) is 0 Å². The van der Waals surface area contributed by atoms with Crippen LogP contribution in [0.15, 0.2) is 11.6 Å². The van der Waals surface area contributed by atoms with Gasteiger partial charge < -0.3 is 5.11 Å². The molecule has 1 aliphatic rings. The highest BCUT2D eigenvalue weighted by molar-refractivity contribution is 5.05. The molecule has 0 bridgehead atoms. The Bertz CT molecular complexity index is 127. The summed E-state index contributed by atoms with van der Waals surface area (Å²) in [5.41, 5.74) is 1.57. The molecule has 0 saturated carbocycles. The van der Waals surface area contributed by atoms with E-state index in [2.05, 4.69) is 13.0 Å². The maximum Gasteiger partial charge on any atom is 0.0462 e. The van der Waals surface area contributed by atoms with E-state index in [0.29, 0.717) is 12.5 Å². The smallest absolute Gasteiger partial charge is 0.0462 e. The van der Waals surface area contributed by atoms with E-state index < -0.39 is 0 Å². The van der Waals surface area contributed by atoms with Crippen LogP contribution in [0.4, 0.5) is 0 Å². The predicted octanol–water partition coefficient (Wildman–Crippen LogP) is 2.12.